The van der Waals surface area contributed by atoms with Crippen LogP contribution in [-0.2, 0) is 5.41 Å². The molecule has 7 aromatic carbocycles. The van der Waals surface area contributed by atoms with Crippen LogP contribution < -0.4 is 0 Å². The van der Waals surface area contributed by atoms with Crippen molar-refractivity contribution >= 4 is 21.9 Å². The third kappa shape index (κ3) is 5.20. The molecule has 4 nitrogen and oxygen atoms in total. The monoisotopic (exact) mass is 705 g/mol. The van der Waals surface area contributed by atoms with Gasteiger partial charge in [-0.3, -0.25) is 0 Å². The minimum Gasteiger partial charge on any atom is -0.455 e. The number of hydrogen-bond acceptors (Lipinski definition) is 4. The molecule has 55 heavy (non-hydrogen) atoms. The maximum Gasteiger partial charge on any atom is 0.160 e. The Labute approximate surface area is 320 Å². The second-order valence-corrected chi connectivity index (χ2v) is 14.9. The topological polar surface area (TPSA) is 62.7 Å². The van der Waals surface area contributed by atoms with Crippen molar-refractivity contribution in [1.29, 1.82) is 5.26 Å². The summed E-state index contributed by atoms with van der Waals surface area (Å²) in [6.45, 7) is 6.74. The molecule has 4 heteroatoms. The molecule has 0 atom stereocenters. The molecule has 0 fully saturated rings. The maximum absolute atomic E-state index is 9.31. The van der Waals surface area contributed by atoms with Crippen LogP contribution in [0, 0.1) is 18.3 Å². The molecule has 0 unspecified atom stereocenters. The quantitative estimate of drug-likeness (QED) is 0.179. The van der Waals surface area contributed by atoms with E-state index in [0.29, 0.717) is 11.4 Å². The van der Waals surface area contributed by atoms with Crippen molar-refractivity contribution in [2.75, 3.05) is 0 Å². The van der Waals surface area contributed by atoms with Gasteiger partial charge in [0.2, 0.25) is 0 Å². The lowest BCUT2D eigenvalue weighted by Gasteiger charge is -2.22. The highest BCUT2D eigenvalue weighted by Crippen LogP contribution is 2.50. The first-order chi connectivity index (χ1) is 26.9. The van der Waals surface area contributed by atoms with Crippen LogP contribution in [0.1, 0.15) is 36.1 Å². The van der Waals surface area contributed by atoms with Gasteiger partial charge in [0.1, 0.15) is 11.2 Å². The molecule has 0 amide bonds. The summed E-state index contributed by atoms with van der Waals surface area (Å²) in [5.74, 6) is 0.671. The molecule has 0 spiro atoms. The van der Waals surface area contributed by atoms with E-state index in [0.717, 1.165) is 77.8 Å². The summed E-state index contributed by atoms with van der Waals surface area (Å²) in [5, 5.41) is 11.4. The van der Waals surface area contributed by atoms with Crippen LogP contribution in [0.2, 0.25) is 0 Å². The van der Waals surface area contributed by atoms with E-state index in [1.165, 1.54) is 22.3 Å². The lowest BCUT2D eigenvalue weighted by Crippen LogP contribution is -2.15. The highest BCUT2D eigenvalue weighted by molar-refractivity contribution is 6.13. The van der Waals surface area contributed by atoms with Crippen molar-refractivity contribution in [2.24, 2.45) is 0 Å². The van der Waals surface area contributed by atoms with E-state index in [9.17, 15) is 5.26 Å². The minimum atomic E-state index is -0.158. The van der Waals surface area contributed by atoms with Crippen LogP contribution >= 0.6 is 0 Å². The van der Waals surface area contributed by atoms with Crippen LogP contribution in [0.15, 0.2) is 162 Å². The van der Waals surface area contributed by atoms with Gasteiger partial charge in [0.15, 0.2) is 5.82 Å². The predicted octanol–water partition coefficient (Wildman–Crippen LogP) is 13.2. The predicted molar refractivity (Wildman–Crippen MR) is 224 cm³/mol. The van der Waals surface area contributed by atoms with E-state index in [4.69, 9.17) is 14.4 Å². The Bertz CT molecular complexity index is 3000. The number of fused-ring (bicyclic) bond motifs is 6. The summed E-state index contributed by atoms with van der Waals surface area (Å²) in [6.07, 6.45) is 0. The molecule has 9 aromatic rings. The van der Waals surface area contributed by atoms with Gasteiger partial charge in [0.05, 0.1) is 28.6 Å². The van der Waals surface area contributed by atoms with Crippen LogP contribution in [0.3, 0.4) is 0 Å². The zero-order valence-electron chi connectivity index (χ0n) is 30.8. The van der Waals surface area contributed by atoms with Gasteiger partial charge in [-0.2, -0.15) is 5.26 Å². The molecule has 2 heterocycles. The molecule has 1 aliphatic rings. The maximum atomic E-state index is 9.31. The number of nitriles is 1. The van der Waals surface area contributed by atoms with E-state index in [-0.39, 0.29) is 5.41 Å². The highest BCUT2D eigenvalue weighted by Gasteiger charge is 2.35. The smallest absolute Gasteiger partial charge is 0.160 e. The standard InChI is InChI=1S/C51H35N3O/c1-31-47(36-11-5-4-6-12-36)53-50(37-25-26-40-39-13-7-9-15-43(39)51(2,3)44(40)29-37)54-48(31)46-38(27-28-42-41-14-8-10-16-45(41)55-49(42)46)35-23-21-34(22-24-35)33-19-17-32(30-52)18-20-33/h4-29H,1-3H3. The van der Waals surface area contributed by atoms with Gasteiger partial charge in [0.25, 0.3) is 0 Å². The first-order valence-electron chi connectivity index (χ1n) is 18.6. The molecule has 0 saturated heterocycles. The van der Waals surface area contributed by atoms with Crippen LogP contribution in [0.5, 0.6) is 0 Å². The van der Waals surface area contributed by atoms with E-state index >= 15 is 0 Å². The van der Waals surface area contributed by atoms with Crippen molar-refractivity contribution < 1.29 is 4.42 Å². The zero-order chi connectivity index (χ0) is 37.3. The number of aromatic nitrogens is 2. The third-order valence-electron chi connectivity index (χ3n) is 11.4. The summed E-state index contributed by atoms with van der Waals surface area (Å²) in [6, 6.07) is 57.0. The van der Waals surface area contributed by atoms with Crippen molar-refractivity contribution in [1.82, 2.24) is 9.97 Å². The average Bonchev–Trinajstić information content (AvgIpc) is 3.73. The number of hydrogen-bond donors (Lipinski definition) is 0. The molecule has 2 aromatic heterocycles. The highest BCUT2D eigenvalue weighted by atomic mass is 16.3. The molecule has 0 saturated carbocycles. The Morgan fingerprint density at radius 1 is 0.527 bits per heavy atom. The molecule has 1 aliphatic carbocycles. The SMILES string of the molecule is Cc1c(-c2ccccc2)nc(-c2ccc3c(c2)C(C)(C)c2ccccc2-3)nc1-c1c(-c2ccc(-c3ccc(C#N)cc3)cc2)ccc2c1oc1ccccc12. The Balaban J connectivity index is 1.22. The minimum absolute atomic E-state index is 0.158. The van der Waals surface area contributed by atoms with Gasteiger partial charge in [0, 0.05) is 32.9 Å². The van der Waals surface area contributed by atoms with Crippen molar-refractivity contribution in [3.63, 3.8) is 0 Å². The zero-order valence-corrected chi connectivity index (χ0v) is 30.8. The Morgan fingerprint density at radius 3 is 1.93 bits per heavy atom. The number of nitrogens with zero attached hydrogens (tertiary/aromatic N) is 3. The van der Waals surface area contributed by atoms with Gasteiger partial charge < -0.3 is 4.42 Å². The fourth-order valence-corrected chi connectivity index (χ4v) is 8.45. The van der Waals surface area contributed by atoms with Crippen LogP contribution in [0.4, 0.5) is 0 Å². The molecular formula is C51H35N3O. The average molecular weight is 706 g/mol. The molecule has 10 rings (SSSR count). The Morgan fingerprint density at radius 2 is 1.15 bits per heavy atom. The first kappa shape index (κ1) is 32.6. The summed E-state index contributed by atoms with van der Waals surface area (Å²) in [4.78, 5) is 10.9. The van der Waals surface area contributed by atoms with Crippen molar-refractivity contribution in [3.05, 3.63) is 180 Å². The summed E-state index contributed by atoms with van der Waals surface area (Å²) in [7, 11) is 0. The number of furan rings is 1. The normalized spacial score (nSPS) is 12.8. The number of rotatable bonds is 5. The first-order valence-corrected chi connectivity index (χ1v) is 18.6. The molecule has 260 valence electrons. The second-order valence-electron chi connectivity index (χ2n) is 14.9. The molecule has 0 radical (unpaired) electrons. The van der Waals surface area contributed by atoms with Gasteiger partial charge in [-0.25, -0.2) is 9.97 Å². The summed E-state index contributed by atoms with van der Waals surface area (Å²) in [5.41, 5.74) is 17.1. The largest absolute Gasteiger partial charge is 0.455 e. The Hall–Kier alpha value is -7.09. The van der Waals surface area contributed by atoms with E-state index in [1.54, 1.807) is 0 Å². The molecule has 0 aliphatic heterocycles. The lowest BCUT2D eigenvalue weighted by molar-refractivity contribution is 0.660. The summed E-state index contributed by atoms with van der Waals surface area (Å²) < 4.78 is 6.80. The third-order valence-corrected chi connectivity index (χ3v) is 11.4. The fraction of sp³-hybridized carbons (Fsp3) is 0.0784. The molecule has 0 bridgehead atoms. The fourth-order valence-electron chi connectivity index (χ4n) is 8.45. The van der Waals surface area contributed by atoms with Gasteiger partial charge in [-0.15, -0.1) is 0 Å². The van der Waals surface area contributed by atoms with Crippen LogP contribution in [0.25, 0.3) is 89.2 Å². The number of para-hydroxylation sites is 1. The lowest BCUT2D eigenvalue weighted by atomic mass is 9.82. The van der Waals surface area contributed by atoms with Crippen LogP contribution in [-0.4, -0.2) is 9.97 Å². The molecular weight excluding hydrogens is 671 g/mol. The Kier molecular flexibility index (Phi) is 7.40. The second kappa shape index (κ2) is 12.5. The van der Waals surface area contributed by atoms with E-state index in [2.05, 4.69) is 142 Å². The van der Waals surface area contributed by atoms with E-state index in [1.807, 2.05) is 42.5 Å². The van der Waals surface area contributed by atoms with Crippen molar-refractivity contribution in [3.8, 4) is 73.4 Å². The number of benzene rings is 7. The van der Waals surface area contributed by atoms with Gasteiger partial charge in [-0.1, -0.05) is 141 Å². The van der Waals surface area contributed by atoms with Crippen molar-refractivity contribution in [2.45, 2.75) is 26.2 Å². The summed E-state index contributed by atoms with van der Waals surface area (Å²) >= 11 is 0. The van der Waals surface area contributed by atoms with Gasteiger partial charge in [-0.05, 0) is 81.8 Å². The van der Waals surface area contributed by atoms with E-state index < -0.39 is 0 Å². The molecule has 0 N–H and O–H groups in total. The van der Waals surface area contributed by atoms with Gasteiger partial charge >= 0.3 is 0 Å².